The van der Waals surface area contributed by atoms with Gasteiger partial charge >= 0.3 is 5.97 Å². The predicted molar refractivity (Wildman–Crippen MR) is 102 cm³/mol. The number of rotatable bonds is 5. The van der Waals surface area contributed by atoms with Crippen LogP contribution in [0.3, 0.4) is 0 Å². The molecule has 2 atom stereocenters. The van der Waals surface area contributed by atoms with Gasteiger partial charge in [-0.2, -0.15) is 0 Å². The van der Waals surface area contributed by atoms with Gasteiger partial charge in [-0.05, 0) is 62.5 Å². The molecule has 0 radical (unpaired) electrons. The summed E-state index contributed by atoms with van der Waals surface area (Å²) < 4.78 is 10.5. The van der Waals surface area contributed by atoms with Crippen molar-refractivity contribution in [2.24, 2.45) is 17.3 Å². The molecule has 4 fully saturated rings. The van der Waals surface area contributed by atoms with Crippen LogP contribution in [0.5, 0.6) is 5.75 Å². The van der Waals surface area contributed by atoms with E-state index in [0.717, 1.165) is 32.1 Å². The molecule has 1 N–H and O–H groups in total. The number of nitrogens with one attached hydrogen (secondary N) is 1. The number of carbonyl (C=O) groups excluding carboxylic acids is 3. The molecule has 0 saturated heterocycles. The van der Waals surface area contributed by atoms with Gasteiger partial charge in [0.05, 0.1) is 18.1 Å². The molecule has 4 aliphatic rings. The lowest BCUT2D eigenvalue weighted by molar-refractivity contribution is -0.171. The van der Waals surface area contributed by atoms with Crippen molar-refractivity contribution in [2.45, 2.75) is 43.4 Å². The third-order valence-corrected chi connectivity index (χ3v) is 6.80. The third kappa shape index (κ3) is 3.50. The molecule has 150 valence electrons. The van der Waals surface area contributed by atoms with Gasteiger partial charge < -0.3 is 9.47 Å². The number of halogens is 1. The minimum Gasteiger partial charge on any atom is -0.496 e. The van der Waals surface area contributed by atoms with Crippen molar-refractivity contribution < 1.29 is 23.9 Å². The molecule has 4 saturated carbocycles. The van der Waals surface area contributed by atoms with Crippen LogP contribution in [0.2, 0.25) is 0 Å². The monoisotopic (exact) mass is 405 g/mol. The summed E-state index contributed by atoms with van der Waals surface area (Å²) in [5, 5.41) is 2.25. The lowest BCUT2D eigenvalue weighted by Crippen LogP contribution is -2.56. The SMILES string of the molecule is COc1ccccc1C(=O)NC(=O)COC(=O)C12C[C@H]3C[C@@H](CC(Cl)(C3)C1)C2. The Morgan fingerprint density at radius 2 is 1.82 bits per heavy atom. The van der Waals surface area contributed by atoms with Gasteiger partial charge in [0.2, 0.25) is 0 Å². The summed E-state index contributed by atoms with van der Waals surface area (Å²) >= 11 is 6.75. The molecule has 0 aromatic heterocycles. The maximum absolute atomic E-state index is 12.8. The molecular formula is C21H24ClNO5. The number of esters is 1. The fourth-order valence-corrected chi connectivity index (χ4v) is 6.43. The lowest BCUT2D eigenvalue weighted by atomic mass is 9.49. The smallest absolute Gasteiger partial charge is 0.312 e. The van der Waals surface area contributed by atoms with E-state index in [1.54, 1.807) is 24.3 Å². The number of hydrogen-bond donors (Lipinski definition) is 1. The van der Waals surface area contributed by atoms with Crippen LogP contribution in [0.1, 0.15) is 48.9 Å². The molecule has 5 rings (SSSR count). The minimum atomic E-state index is -0.658. The van der Waals surface area contributed by atoms with Gasteiger partial charge in [-0.15, -0.1) is 11.6 Å². The number of para-hydroxylation sites is 1. The Bertz CT molecular complexity index is 809. The first kappa shape index (κ1) is 19.2. The Morgan fingerprint density at radius 1 is 1.14 bits per heavy atom. The molecule has 6 nitrogen and oxygen atoms in total. The van der Waals surface area contributed by atoms with E-state index in [-0.39, 0.29) is 16.4 Å². The average molecular weight is 406 g/mol. The molecule has 0 spiro atoms. The van der Waals surface area contributed by atoms with Crippen LogP contribution in [-0.2, 0) is 14.3 Å². The molecular weight excluding hydrogens is 382 g/mol. The quantitative estimate of drug-likeness (QED) is 0.601. The number of imide groups is 1. The van der Waals surface area contributed by atoms with Crippen molar-refractivity contribution in [3.63, 3.8) is 0 Å². The van der Waals surface area contributed by atoms with Crippen molar-refractivity contribution in [1.82, 2.24) is 5.32 Å². The van der Waals surface area contributed by atoms with Crippen molar-refractivity contribution in [1.29, 1.82) is 0 Å². The second-order valence-electron chi connectivity index (χ2n) is 8.55. The Hall–Kier alpha value is -2.08. The van der Waals surface area contributed by atoms with Crippen LogP contribution in [0.4, 0.5) is 0 Å². The van der Waals surface area contributed by atoms with Crippen molar-refractivity contribution in [3.8, 4) is 5.75 Å². The third-order valence-electron chi connectivity index (χ3n) is 6.36. The summed E-state index contributed by atoms with van der Waals surface area (Å²) in [7, 11) is 1.45. The van der Waals surface area contributed by atoms with E-state index < -0.39 is 23.8 Å². The summed E-state index contributed by atoms with van der Waals surface area (Å²) in [4.78, 5) is 37.0. The van der Waals surface area contributed by atoms with Gasteiger partial charge in [-0.1, -0.05) is 12.1 Å². The number of amides is 2. The first-order chi connectivity index (χ1) is 13.3. The van der Waals surface area contributed by atoms with E-state index in [4.69, 9.17) is 21.1 Å². The van der Waals surface area contributed by atoms with Crippen LogP contribution in [0.15, 0.2) is 24.3 Å². The van der Waals surface area contributed by atoms with E-state index in [1.165, 1.54) is 7.11 Å². The van der Waals surface area contributed by atoms with Crippen molar-refractivity contribution in [3.05, 3.63) is 29.8 Å². The molecule has 1 aromatic rings. The lowest BCUT2D eigenvalue weighted by Gasteiger charge is -2.58. The fourth-order valence-electron chi connectivity index (χ4n) is 5.74. The summed E-state index contributed by atoms with van der Waals surface area (Å²) in [6.45, 7) is -0.480. The summed E-state index contributed by atoms with van der Waals surface area (Å²) in [5.74, 6) is -0.306. The zero-order chi connectivity index (χ0) is 19.9. The highest BCUT2D eigenvalue weighted by atomic mass is 35.5. The van der Waals surface area contributed by atoms with Gasteiger partial charge in [0.1, 0.15) is 5.75 Å². The molecule has 0 aliphatic heterocycles. The molecule has 0 heterocycles. The summed E-state index contributed by atoms with van der Waals surface area (Å²) in [6, 6.07) is 6.60. The molecule has 0 unspecified atom stereocenters. The molecule has 28 heavy (non-hydrogen) atoms. The fraction of sp³-hybridized carbons (Fsp3) is 0.571. The Morgan fingerprint density at radius 3 is 2.46 bits per heavy atom. The largest absolute Gasteiger partial charge is 0.496 e. The highest BCUT2D eigenvalue weighted by Crippen LogP contribution is 2.64. The van der Waals surface area contributed by atoms with Crippen LogP contribution in [0.25, 0.3) is 0 Å². The van der Waals surface area contributed by atoms with E-state index in [2.05, 4.69) is 5.32 Å². The molecule has 4 aliphatic carbocycles. The van der Waals surface area contributed by atoms with Gasteiger partial charge in [0.25, 0.3) is 11.8 Å². The highest BCUT2D eigenvalue weighted by molar-refractivity contribution is 6.24. The maximum Gasteiger partial charge on any atom is 0.312 e. The van der Waals surface area contributed by atoms with Gasteiger partial charge in [0.15, 0.2) is 6.61 Å². The van der Waals surface area contributed by atoms with E-state index in [0.29, 0.717) is 24.0 Å². The van der Waals surface area contributed by atoms with E-state index in [1.807, 2.05) is 0 Å². The summed E-state index contributed by atoms with van der Waals surface area (Å²) in [6.07, 6.45) is 5.27. The number of carbonyl (C=O) groups is 3. The molecule has 7 heteroatoms. The first-order valence-corrected chi connectivity index (χ1v) is 10.0. The average Bonchev–Trinajstić information content (AvgIpc) is 2.64. The first-order valence-electron chi connectivity index (χ1n) is 9.66. The van der Waals surface area contributed by atoms with Gasteiger partial charge in [-0.25, -0.2) is 0 Å². The second-order valence-corrected chi connectivity index (χ2v) is 9.35. The van der Waals surface area contributed by atoms with Gasteiger partial charge in [-0.3, -0.25) is 19.7 Å². The van der Waals surface area contributed by atoms with Crippen LogP contribution in [-0.4, -0.2) is 36.4 Å². The van der Waals surface area contributed by atoms with Crippen molar-refractivity contribution >= 4 is 29.4 Å². The second kappa shape index (κ2) is 7.07. The van der Waals surface area contributed by atoms with E-state index in [9.17, 15) is 14.4 Å². The van der Waals surface area contributed by atoms with Crippen molar-refractivity contribution in [2.75, 3.05) is 13.7 Å². The zero-order valence-corrected chi connectivity index (χ0v) is 16.6. The molecule has 4 bridgehead atoms. The molecule has 1 aromatic carbocycles. The van der Waals surface area contributed by atoms with Gasteiger partial charge in [0, 0.05) is 4.87 Å². The van der Waals surface area contributed by atoms with Crippen LogP contribution >= 0.6 is 11.6 Å². The zero-order valence-electron chi connectivity index (χ0n) is 15.8. The Labute approximate surface area is 168 Å². The maximum atomic E-state index is 12.8. The normalized spacial score (nSPS) is 32.6. The Kier molecular flexibility index (Phi) is 4.86. The number of methoxy groups -OCH3 is 1. The minimum absolute atomic E-state index is 0.245. The highest BCUT2D eigenvalue weighted by Gasteiger charge is 2.60. The van der Waals surface area contributed by atoms with E-state index >= 15 is 0 Å². The molecule has 2 amide bonds. The van der Waals surface area contributed by atoms with Crippen LogP contribution in [0, 0.1) is 17.3 Å². The predicted octanol–water partition coefficient (Wildman–Crippen LogP) is 3.07. The Balaban J connectivity index is 1.35. The summed E-state index contributed by atoms with van der Waals surface area (Å²) in [5.41, 5.74) is -0.325. The number of benzene rings is 1. The van der Waals surface area contributed by atoms with Crippen LogP contribution < -0.4 is 10.1 Å². The number of hydrogen-bond acceptors (Lipinski definition) is 5. The standard InChI is InChI=1S/C21H24ClNO5/c1-27-16-5-3-2-4-15(16)18(25)23-17(24)11-28-19(26)20-7-13-6-14(8-20)10-21(22,9-13)12-20/h2-5,13-14H,6-12H2,1H3,(H,23,24,25)/t13-,14-,20?,21?/m1/s1. The topological polar surface area (TPSA) is 81.7 Å². The number of alkyl halides is 1. The number of ether oxygens (including phenoxy) is 2.